The van der Waals surface area contributed by atoms with Crippen molar-refractivity contribution < 1.29 is 4.79 Å². The largest absolute Gasteiger partial charge is 0.384 e. The van der Waals surface area contributed by atoms with Crippen LogP contribution < -0.4 is 16.8 Å². The number of anilines is 2. The zero-order valence-corrected chi connectivity index (χ0v) is 7.32. The van der Waals surface area contributed by atoms with Crippen molar-refractivity contribution in [2.24, 2.45) is 5.73 Å². The minimum atomic E-state index is -0.553. The van der Waals surface area contributed by atoms with Gasteiger partial charge in [-0.2, -0.15) is 0 Å². The number of amides is 1. The van der Waals surface area contributed by atoms with Gasteiger partial charge in [0.05, 0.1) is 6.04 Å². The van der Waals surface area contributed by atoms with Crippen LogP contribution in [-0.4, -0.2) is 16.9 Å². The topological polar surface area (TPSA) is 94.0 Å². The third kappa shape index (κ3) is 2.72. The molecule has 5 N–H and O–H groups in total. The van der Waals surface area contributed by atoms with Crippen LogP contribution >= 0.6 is 0 Å². The molecular formula is C8H12N4O. The van der Waals surface area contributed by atoms with Crippen molar-refractivity contribution in [2.75, 3.05) is 11.1 Å². The number of nitrogens with zero attached hydrogens (tertiary/aromatic N) is 1. The van der Waals surface area contributed by atoms with E-state index in [0.717, 1.165) is 0 Å². The fourth-order valence-electron chi connectivity index (χ4n) is 0.761. The Kier molecular flexibility index (Phi) is 2.81. The lowest BCUT2D eigenvalue weighted by molar-refractivity contribution is -0.117. The summed E-state index contributed by atoms with van der Waals surface area (Å²) >= 11 is 0. The molecule has 0 aliphatic carbocycles. The summed E-state index contributed by atoms with van der Waals surface area (Å²) in [5.74, 6) is 0.503. The van der Waals surface area contributed by atoms with Gasteiger partial charge in [0, 0.05) is 0 Å². The van der Waals surface area contributed by atoms with Crippen molar-refractivity contribution in [1.29, 1.82) is 0 Å². The minimum absolute atomic E-state index is 0.280. The van der Waals surface area contributed by atoms with Crippen molar-refractivity contribution in [3.8, 4) is 0 Å². The molecule has 1 amide bonds. The lowest BCUT2D eigenvalue weighted by Gasteiger charge is -2.06. The molecule has 1 aromatic heterocycles. The number of rotatable bonds is 2. The number of nitrogens with one attached hydrogen (secondary N) is 1. The Morgan fingerprint density at radius 1 is 1.62 bits per heavy atom. The molecule has 0 aliphatic rings. The summed E-state index contributed by atoms with van der Waals surface area (Å²) in [6, 6.07) is 4.44. The standard InChI is InChI=1S/C8H12N4O/c1-5(9)8(13)12-7-4-2-3-6(10)11-7/h2-5H,9H2,1H3,(H3,10,11,12,13). The first-order chi connectivity index (χ1) is 6.09. The average Bonchev–Trinajstić information content (AvgIpc) is 2.04. The third-order valence-corrected chi connectivity index (χ3v) is 1.44. The van der Waals surface area contributed by atoms with Gasteiger partial charge in [-0.25, -0.2) is 4.98 Å². The zero-order valence-electron chi connectivity index (χ0n) is 7.32. The van der Waals surface area contributed by atoms with Crippen molar-refractivity contribution >= 4 is 17.5 Å². The van der Waals surface area contributed by atoms with Gasteiger partial charge in [-0.15, -0.1) is 0 Å². The summed E-state index contributed by atoms with van der Waals surface area (Å²) in [6.45, 7) is 1.60. The number of nitrogen functional groups attached to an aromatic ring is 1. The Balaban J connectivity index is 2.69. The van der Waals surface area contributed by atoms with Gasteiger partial charge in [0.2, 0.25) is 5.91 Å². The van der Waals surface area contributed by atoms with E-state index in [1.807, 2.05) is 0 Å². The second-order valence-corrected chi connectivity index (χ2v) is 2.73. The molecule has 0 aliphatic heterocycles. The van der Waals surface area contributed by atoms with Crippen LogP contribution in [0.3, 0.4) is 0 Å². The highest BCUT2D eigenvalue weighted by atomic mass is 16.2. The Labute approximate surface area is 76.1 Å². The molecule has 0 aromatic carbocycles. The molecule has 1 unspecified atom stereocenters. The normalized spacial score (nSPS) is 12.2. The molecule has 70 valence electrons. The van der Waals surface area contributed by atoms with Crippen LogP contribution in [0.15, 0.2) is 18.2 Å². The fourth-order valence-corrected chi connectivity index (χ4v) is 0.761. The van der Waals surface area contributed by atoms with E-state index in [9.17, 15) is 4.79 Å². The van der Waals surface area contributed by atoms with E-state index in [1.165, 1.54) is 0 Å². The summed E-state index contributed by atoms with van der Waals surface area (Å²) in [5.41, 5.74) is 10.8. The van der Waals surface area contributed by atoms with Crippen LogP contribution in [0.25, 0.3) is 0 Å². The second kappa shape index (κ2) is 3.86. The van der Waals surface area contributed by atoms with E-state index >= 15 is 0 Å². The number of hydrogen-bond donors (Lipinski definition) is 3. The highest BCUT2D eigenvalue weighted by molar-refractivity contribution is 5.93. The van der Waals surface area contributed by atoms with Crippen molar-refractivity contribution in [3.63, 3.8) is 0 Å². The first-order valence-corrected chi connectivity index (χ1v) is 3.88. The van der Waals surface area contributed by atoms with Gasteiger partial charge in [0.25, 0.3) is 0 Å². The van der Waals surface area contributed by atoms with E-state index < -0.39 is 6.04 Å². The van der Waals surface area contributed by atoms with Gasteiger partial charge in [0.15, 0.2) is 0 Å². The molecule has 1 aromatic rings. The second-order valence-electron chi connectivity index (χ2n) is 2.73. The predicted octanol–water partition coefficient (Wildman–Crippen LogP) is -0.0505. The zero-order chi connectivity index (χ0) is 9.84. The van der Waals surface area contributed by atoms with Gasteiger partial charge in [-0.1, -0.05) is 6.07 Å². The van der Waals surface area contributed by atoms with Crippen LogP contribution in [0.2, 0.25) is 0 Å². The lowest BCUT2D eigenvalue weighted by Crippen LogP contribution is -2.32. The molecule has 0 fully saturated rings. The Bertz CT molecular complexity index is 311. The minimum Gasteiger partial charge on any atom is -0.384 e. The Morgan fingerprint density at radius 2 is 2.31 bits per heavy atom. The molecule has 5 heteroatoms. The summed E-state index contributed by atoms with van der Waals surface area (Å²) < 4.78 is 0. The molecule has 1 heterocycles. The van der Waals surface area contributed by atoms with Gasteiger partial charge in [-0.05, 0) is 19.1 Å². The molecule has 1 atom stereocenters. The lowest BCUT2D eigenvalue weighted by atomic mass is 10.3. The number of carbonyl (C=O) groups excluding carboxylic acids is 1. The summed E-state index contributed by atoms with van der Waals surface area (Å²) in [6.07, 6.45) is 0. The summed E-state index contributed by atoms with van der Waals surface area (Å²) in [4.78, 5) is 15.0. The fraction of sp³-hybridized carbons (Fsp3) is 0.250. The monoisotopic (exact) mass is 180 g/mol. The highest BCUT2D eigenvalue weighted by Crippen LogP contribution is 2.05. The van der Waals surface area contributed by atoms with E-state index in [0.29, 0.717) is 11.6 Å². The van der Waals surface area contributed by atoms with E-state index in [1.54, 1.807) is 25.1 Å². The molecule has 0 saturated carbocycles. The number of hydrogen-bond acceptors (Lipinski definition) is 4. The van der Waals surface area contributed by atoms with E-state index in [2.05, 4.69) is 10.3 Å². The van der Waals surface area contributed by atoms with Gasteiger partial charge < -0.3 is 16.8 Å². The van der Waals surface area contributed by atoms with Crippen LogP contribution in [0.4, 0.5) is 11.6 Å². The van der Waals surface area contributed by atoms with Crippen molar-refractivity contribution in [1.82, 2.24) is 4.98 Å². The molecule has 0 spiro atoms. The molecule has 1 rings (SSSR count). The van der Waals surface area contributed by atoms with E-state index in [4.69, 9.17) is 11.5 Å². The number of aromatic nitrogens is 1. The van der Waals surface area contributed by atoms with E-state index in [-0.39, 0.29) is 5.91 Å². The summed E-state index contributed by atoms with van der Waals surface area (Å²) in [5, 5.41) is 2.53. The predicted molar refractivity (Wildman–Crippen MR) is 50.9 cm³/mol. The first kappa shape index (κ1) is 9.47. The smallest absolute Gasteiger partial charge is 0.242 e. The number of pyridine rings is 1. The number of nitrogens with two attached hydrogens (primary N) is 2. The van der Waals surface area contributed by atoms with Crippen molar-refractivity contribution in [3.05, 3.63) is 18.2 Å². The molecule has 0 saturated heterocycles. The first-order valence-electron chi connectivity index (χ1n) is 3.88. The maximum absolute atomic E-state index is 11.1. The Hall–Kier alpha value is -1.62. The Morgan fingerprint density at radius 3 is 2.85 bits per heavy atom. The average molecular weight is 180 g/mol. The SMILES string of the molecule is CC(N)C(=O)Nc1cccc(N)n1. The van der Waals surface area contributed by atoms with Crippen molar-refractivity contribution in [2.45, 2.75) is 13.0 Å². The van der Waals surface area contributed by atoms with Gasteiger partial charge in [-0.3, -0.25) is 4.79 Å². The van der Waals surface area contributed by atoms with Gasteiger partial charge in [0.1, 0.15) is 11.6 Å². The maximum Gasteiger partial charge on any atom is 0.242 e. The molecule has 0 radical (unpaired) electrons. The maximum atomic E-state index is 11.1. The quantitative estimate of drug-likeness (QED) is 0.594. The van der Waals surface area contributed by atoms with Crippen LogP contribution in [0.1, 0.15) is 6.92 Å². The third-order valence-electron chi connectivity index (χ3n) is 1.44. The van der Waals surface area contributed by atoms with Crippen LogP contribution in [-0.2, 0) is 4.79 Å². The molecule has 0 bridgehead atoms. The molecule has 5 nitrogen and oxygen atoms in total. The molecule has 13 heavy (non-hydrogen) atoms. The van der Waals surface area contributed by atoms with Gasteiger partial charge >= 0.3 is 0 Å². The number of carbonyl (C=O) groups is 1. The van der Waals surface area contributed by atoms with Crippen LogP contribution in [0, 0.1) is 0 Å². The highest BCUT2D eigenvalue weighted by Gasteiger charge is 2.07. The molecular weight excluding hydrogens is 168 g/mol. The van der Waals surface area contributed by atoms with Crippen LogP contribution in [0.5, 0.6) is 0 Å². The summed E-state index contributed by atoms with van der Waals surface area (Å²) in [7, 11) is 0.